The van der Waals surface area contributed by atoms with E-state index in [1.807, 2.05) is 11.0 Å². The molecule has 158 valence electrons. The maximum atomic E-state index is 14.0. The molecule has 1 atom stereocenters. The Kier molecular flexibility index (Phi) is 6.35. The zero-order valence-electron chi connectivity index (χ0n) is 17.3. The molecule has 1 aromatic carbocycles. The van der Waals surface area contributed by atoms with Crippen LogP contribution in [0.5, 0.6) is 0 Å². The van der Waals surface area contributed by atoms with E-state index in [0.717, 1.165) is 31.2 Å². The quantitative estimate of drug-likeness (QED) is 0.784. The molecular weight excluding hydrogens is 399 g/mol. The molecule has 1 fully saturated rings. The number of hydrogen-bond acceptors (Lipinski definition) is 5. The number of hydrogen-bond donors (Lipinski definition) is 1. The van der Waals surface area contributed by atoms with Crippen molar-refractivity contribution in [2.75, 3.05) is 42.9 Å². The number of rotatable bonds is 5. The zero-order valence-corrected chi connectivity index (χ0v) is 18.1. The SMILES string of the molecule is CCC1CCc2c(sc(NC(=O)CN3CCN(c4ccccc4F)CC3)c2C#N)C1. The minimum atomic E-state index is -0.209. The van der Waals surface area contributed by atoms with Crippen LogP contribution in [0, 0.1) is 23.1 Å². The summed E-state index contributed by atoms with van der Waals surface area (Å²) < 4.78 is 14.0. The minimum Gasteiger partial charge on any atom is -0.367 e. The van der Waals surface area contributed by atoms with Crippen LogP contribution in [0.4, 0.5) is 15.1 Å². The van der Waals surface area contributed by atoms with Gasteiger partial charge in [0.25, 0.3) is 0 Å². The summed E-state index contributed by atoms with van der Waals surface area (Å²) in [5, 5.41) is 13.3. The van der Waals surface area contributed by atoms with Crippen LogP contribution >= 0.6 is 11.3 Å². The smallest absolute Gasteiger partial charge is 0.239 e. The number of piperazine rings is 1. The third kappa shape index (κ3) is 4.35. The van der Waals surface area contributed by atoms with Crippen LogP contribution in [0.2, 0.25) is 0 Å². The van der Waals surface area contributed by atoms with E-state index in [4.69, 9.17) is 0 Å². The van der Waals surface area contributed by atoms with Crippen molar-refractivity contribution >= 4 is 27.9 Å². The Morgan fingerprint density at radius 2 is 2.07 bits per heavy atom. The van der Waals surface area contributed by atoms with E-state index in [0.29, 0.717) is 48.3 Å². The lowest BCUT2D eigenvalue weighted by atomic mass is 9.86. The van der Waals surface area contributed by atoms with Crippen LogP contribution < -0.4 is 10.2 Å². The average molecular weight is 427 g/mol. The van der Waals surface area contributed by atoms with Gasteiger partial charge >= 0.3 is 0 Å². The molecule has 2 heterocycles. The normalized spacial score (nSPS) is 19.2. The van der Waals surface area contributed by atoms with E-state index in [1.165, 1.54) is 10.9 Å². The van der Waals surface area contributed by atoms with Crippen LogP contribution in [0.1, 0.15) is 35.8 Å². The van der Waals surface area contributed by atoms with E-state index in [-0.39, 0.29) is 18.3 Å². The van der Waals surface area contributed by atoms with Gasteiger partial charge in [-0.05, 0) is 42.9 Å². The number of fused-ring (bicyclic) bond motifs is 1. The van der Waals surface area contributed by atoms with Gasteiger partial charge < -0.3 is 10.2 Å². The van der Waals surface area contributed by atoms with Crippen molar-refractivity contribution in [2.45, 2.75) is 32.6 Å². The average Bonchev–Trinajstić information content (AvgIpc) is 3.10. The highest BCUT2D eigenvalue weighted by Crippen LogP contribution is 2.40. The number of carbonyl (C=O) groups is 1. The monoisotopic (exact) mass is 426 g/mol. The van der Waals surface area contributed by atoms with E-state index in [1.54, 1.807) is 23.5 Å². The molecule has 0 bridgehead atoms. The predicted molar refractivity (Wildman–Crippen MR) is 119 cm³/mol. The summed E-state index contributed by atoms with van der Waals surface area (Å²) >= 11 is 1.57. The first-order valence-corrected chi connectivity index (χ1v) is 11.5. The molecule has 1 saturated heterocycles. The van der Waals surface area contributed by atoms with E-state index >= 15 is 0 Å². The highest BCUT2D eigenvalue weighted by atomic mass is 32.1. The number of nitrogens with one attached hydrogen (secondary N) is 1. The second-order valence-corrected chi connectivity index (χ2v) is 9.20. The molecule has 1 amide bonds. The fourth-order valence-corrected chi connectivity index (χ4v) is 5.76. The van der Waals surface area contributed by atoms with Crippen LogP contribution in [-0.2, 0) is 17.6 Å². The van der Waals surface area contributed by atoms with Gasteiger partial charge in [-0.3, -0.25) is 9.69 Å². The topological polar surface area (TPSA) is 59.4 Å². The Hall–Kier alpha value is -2.43. The molecular formula is C23H27FN4OS. The van der Waals surface area contributed by atoms with Crippen LogP contribution in [0.3, 0.4) is 0 Å². The molecule has 1 aromatic heterocycles. The Bertz CT molecular complexity index is 959. The van der Waals surface area contributed by atoms with Crippen molar-refractivity contribution in [1.82, 2.24) is 4.90 Å². The van der Waals surface area contributed by atoms with Gasteiger partial charge in [-0.1, -0.05) is 25.5 Å². The maximum Gasteiger partial charge on any atom is 0.239 e. The second kappa shape index (κ2) is 9.15. The molecule has 2 aliphatic rings. The largest absolute Gasteiger partial charge is 0.367 e. The van der Waals surface area contributed by atoms with Gasteiger partial charge in [0.15, 0.2) is 0 Å². The summed E-state index contributed by atoms with van der Waals surface area (Å²) in [6.45, 7) is 5.27. The van der Waals surface area contributed by atoms with E-state index in [2.05, 4.69) is 23.2 Å². The van der Waals surface area contributed by atoms with E-state index < -0.39 is 0 Å². The van der Waals surface area contributed by atoms with Gasteiger partial charge in [-0.15, -0.1) is 11.3 Å². The number of halogens is 1. The van der Waals surface area contributed by atoms with Crippen molar-refractivity contribution in [3.8, 4) is 6.07 Å². The van der Waals surface area contributed by atoms with Gasteiger partial charge in [0, 0.05) is 31.1 Å². The van der Waals surface area contributed by atoms with Gasteiger partial charge in [-0.25, -0.2) is 4.39 Å². The van der Waals surface area contributed by atoms with Gasteiger partial charge in [-0.2, -0.15) is 5.26 Å². The molecule has 0 radical (unpaired) electrons. The fourth-order valence-electron chi connectivity index (χ4n) is 4.43. The molecule has 0 spiro atoms. The number of carbonyl (C=O) groups excluding carboxylic acids is 1. The second-order valence-electron chi connectivity index (χ2n) is 8.10. The number of thiophene rings is 1. The van der Waals surface area contributed by atoms with Crippen LogP contribution in [0.15, 0.2) is 24.3 Å². The number of amides is 1. The molecule has 30 heavy (non-hydrogen) atoms. The lowest BCUT2D eigenvalue weighted by Crippen LogP contribution is -2.48. The standard InChI is InChI=1S/C23H27FN4OS/c1-2-16-7-8-17-18(14-25)23(30-21(17)13-16)26-22(29)15-27-9-11-28(12-10-27)20-6-4-3-5-19(20)24/h3-6,16H,2,7-13,15H2,1H3,(H,26,29). The van der Waals surface area contributed by atoms with Crippen LogP contribution in [-0.4, -0.2) is 43.5 Å². The van der Waals surface area contributed by atoms with E-state index in [9.17, 15) is 14.4 Å². The summed E-state index contributed by atoms with van der Waals surface area (Å²) in [6, 6.07) is 9.12. The third-order valence-corrected chi connectivity index (χ3v) is 7.41. The molecule has 4 rings (SSSR count). The number of nitriles is 1. The molecule has 1 N–H and O–H groups in total. The molecule has 1 aliphatic heterocycles. The number of anilines is 2. The summed E-state index contributed by atoms with van der Waals surface area (Å²) in [4.78, 5) is 18.0. The number of nitrogens with zero attached hydrogens (tertiary/aromatic N) is 3. The first-order chi connectivity index (χ1) is 14.6. The Morgan fingerprint density at radius 3 is 2.77 bits per heavy atom. The summed E-state index contributed by atoms with van der Waals surface area (Å²) in [7, 11) is 0. The van der Waals surface area contributed by atoms with Gasteiger partial charge in [0.1, 0.15) is 16.9 Å². The molecule has 0 saturated carbocycles. The molecule has 1 aliphatic carbocycles. The van der Waals surface area contributed by atoms with Crippen LogP contribution in [0.25, 0.3) is 0 Å². The molecule has 2 aromatic rings. The summed E-state index contributed by atoms with van der Waals surface area (Å²) in [6.07, 6.45) is 4.22. The first kappa shape index (κ1) is 20.8. The Balaban J connectivity index is 1.34. The molecule has 7 heteroatoms. The number of para-hydroxylation sites is 1. The molecule has 5 nitrogen and oxygen atoms in total. The third-order valence-electron chi connectivity index (χ3n) is 6.24. The van der Waals surface area contributed by atoms with Crippen molar-refractivity contribution < 1.29 is 9.18 Å². The van der Waals surface area contributed by atoms with Crippen molar-refractivity contribution in [3.63, 3.8) is 0 Å². The van der Waals surface area contributed by atoms with Gasteiger partial charge in [0.2, 0.25) is 5.91 Å². The van der Waals surface area contributed by atoms with Gasteiger partial charge in [0.05, 0.1) is 17.8 Å². The minimum absolute atomic E-state index is 0.0866. The fraction of sp³-hybridized carbons (Fsp3) is 0.478. The summed E-state index contributed by atoms with van der Waals surface area (Å²) in [5.74, 6) is 0.383. The summed E-state index contributed by atoms with van der Waals surface area (Å²) in [5.41, 5.74) is 2.41. The zero-order chi connectivity index (χ0) is 21.1. The Labute approximate surface area is 181 Å². The van der Waals surface area contributed by atoms with Crippen molar-refractivity contribution in [1.29, 1.82) is 5.26 Å². The maximum absolute atomic E-state index is 14.0. The first-order valence-electron chi connectivity index (χ1n) is 10.6. The highest BCUT2D eigenvalue weighted by Gasteiger charge is 2.26. The van der Waals surface area contributed by atoms with Crippen molar-refractivity contribution in [3.05, 3.63) is 46.1 Å². The lowest BCUT2D eigenvalue weighted by molar-refractivity contribution is -0.117. The molecule has 1 unspecified atom stereocenters. The Morgan fingerprint density at radius 1 is 1.30 bits per heavy atom. The predicted octanol–water partition coefficient (Wildman–Crippen LogP) is 4.03. The highest BCUT2D eigenvalue weighted by molar-refractivity contribution is 7.16. The lowest BCUT2D eigenvalue weighted by Gasteiger charge is -2.35. The number of benzene rings is 1. The van der Waals surface area contributed by atoms with Crippen molar-refractivity contribution in [2.24, 2.45) is 5.92 Å².